The lowest BCUT2D eigenvalue weighted by atomic mass is 10.0. The molecule has 0 radical (unpaired) electrons. The minimum absolute atomic E-state index is 0.0258. The van der Waals surface area contributed by atoms with Crippen LogP contribution in [0.1, 0.15) is 40.0 Å². The molecular formula is C12H23NO2. The smallest absolute Gasteiger partial charge is 0.309 e. The average molecular weight is 213 g/mol. The van der Waals surface area contributed by atoms with Crippen LogP contribution >= 0.6 is 0 Å². The lowest BCUT2D eigenvalue weighted by Gasteiger charge is -2.32. The summed E-state index contributed by atoms with van der Waals surface area (Å²) in [5, 5.41) is 0. The number of esters is 1. The van der Waals surface area contributed by atoms with Crippen molar-refractivity contribution in [2.75, 3.05) is 13.7 Å². The summed E-state index contributed by atoms with van der Waals surface area (Å²) in [5.41, 5.74) is 0. The molecule has 88 valence electrons. The topological polar surface area (TPSA) is 29.5 Å². The highest BCUT2D eigenvalue weighted by Crippen LogP contribution is 2.25. The summed E-state index contributed by atoms with van der Waals surface area (Å²) in [7, 11) is 1.47. The molecule has 15 heavy (non-hydrogen) atoms. The molecule has 1 aliphatic rings. The minimum atomic E-state index is -0.0933. The normalized spacial score (nSPS) is 26.3. The molecule has 3 heteroatoms. The Labute approximate surface area is 92.8 Å². The van der Waals surface area contributed by atoms with Crippen molar-refractivity contribution in [3.8, 4) is 0 Å². The van der Waals surface area contributed by atoms with Gasteiger partial charge in [0.2, 0.25) is 0 Å². The van der Waals surface area contributed by atoms with Crippen LogP contribution in [0.15, 0.2) is 0 Å². The van der Waals surface area contributed by atoms with Gasteiger partial charge in [-0.1, -0.05) is 13.8 Å². The van der Waals surface area contributed by atoms with Gasteiger partial charge in [-0.15, -0.1) is 0 Å². The number of hydrogen-bond donors (Lipinski definition) is 0. The van der Waals surface area contributed by atoms with Crippen molar-refractivity contribution in [3.05, 3.63) is 0 Å². The van der Waals surface area contributed by atoms with Gasteiger partial charge < -0.3 is 4.74 Å². The molecule has 0 aromatic carbocycles. The van der Waals surface area contributed by atoms with Crippen LogP contribution in [0.25, 0.3) is 0 Å². The van der Waals surface area contributed by atoms with Crippen molar-refractivity contribution < 1.29 is 9.53 Å². The van der Waals surface area contributed by atoms with Crippen LogP contribution in [0, 0.1) is 5.92 Å². The molecule has 3 nitrogen and oxygen atoms in total. The van der Waals surface area contributed by atoms with E-state index in [1.165, 1.54) is 26.4 Å². The largest absolute Gasteiger partial charge is 0.469 e. The molecule has 1 heterocycles. The van der Waals surface area contributed by atoms with Crippen LogP contribution < -0.4 is 0 Å². The highest BCUT2D eigenvalue weighted by Gasteiger charge is 2.32. The third-order valence-electron chi connectivity index (χ3n) is 3.71. The number of carbonyl (C=O) groups excluding carboxylic acids is 1. The van der Waals surface area contributed by atoms with Crippen LogP contribution in [-0.2, 0) is 9.53 Å². The Bertz CT molecular complexity index is 218. The zero-order valence-electron chi connectivity index (χ0n) is 10.3. The van der Waals surface area contributed by atoms with Crippen molar-refractivity contribution >= 4 is 5.97 Å². The molecule has 0 amide bonds. The molecule has 3 atom stereocenters. The number of carbonyl (C=O) groups is 1. The average Bonchev–Trinajstić information content (AvgIpc) is 2.73. The molecule has 0 saturated carbocycles. The van der Waals surface area contributed by atoms with Crippen molar-refractivity contribution in [2.24, 2.45) is 5.92 Å². The van der Waals surface area contributed by atoms with Crippen molar-refractivity contribution in [3.63, 3.8) is 0 Å². The Hall–Kier alpha value is -0.570. The minimum Gasteiger partial charge on any atom is -0.469 e. The fraction of sp³-hybridized carbons (Fsp3) is 0.917. The Morgan fingerprint density at radius 1 is 1.53 bits per heavy atom. The van der Waals surface area contributed by atoms with E-state index in [1.54, 1.807) is 0 Å². The third-order valence-corrected chi connectivity index (χ3v) is 3.71. The predicted molar refractivity (Wildman–Crippen MR) is 60.7 cm³/mol. The molecular weight excluding hydrogens is 190 g/mol. The van der Waals surface area contributed by atoms with Gasteiger partial charge in [-0.25, -0.2) is 0 Å². The van der Waals surface area contributed by atoms with E-state index in [0.717, 1.165) is 6.54 Å². The first-order valence-electron chi connectivity index (χ1n) is 5.95. The SMILES string of the molecule is CCC1CCCN1C(C)C(C)C(=O)OC. The van der Waals surface area contributed by atoms with Crippen molar-refractivity contribution in [1.29, 1.82) is 0 Å². The van der Waals surface area contributed by atoms with Gasteiger partial charge in [-0.05, 0) is 32.7 Å². The van der Waals surface area contributed by atoms with Crippen LogP contribution in [0.3, 0.4) is 0 Å². The van der Waals surface area contributed by atoms with E-state index < -0.39 is 0 Å². The van der Waals surface area contributed by atoms with Crippen LogP contribution in [0.5, 0.6) is 0 Å². The van der Waals surface area contributed by atoms with Crippen LogP contribution in [-0.4, -0.2) is 36.6 Å². The van der Waals surface area contributed by atoms with E-state index in [0.29, 0.717) is 12.1 Å². The fourth-order valence-electron chi connectivity index (χ4n) is 2.50. The second kappa shape index (κ2) is 5.50. The van der Waals surface area contributed by atoms with E-state index in [1.807, 2.05) is 6.92 Å². The van der Waals surface area contributed by atoms with Gasteiger partial charge >= 0.3 is 5.97 Å². The van der Waals surface area contributed by atoms with Crippen molar-refractivity contribution in [1.82, 2.24) is 4.90 Å². The van der Waals surface area contributed by atoms with Crippen LogP contribution in [0.2, 0.25) is 0 Å². The third kappa shape index (κ3) is 2.71. The van der Waals surface area contributed by atoms with Gasteiger partial charge in [0.1, 0.15) is 0 Å². The highest BCUT2D eigenvalue weighted by atomic mass is 16.5. The molecule has 1 aliphatic heterocycles. The molecule has 1 saturated heterocycles. The molecule has 1 rings (SSSR count). The molecule has 0 aromatic rings. The van der Waals surface area contributed by atoms with E-state index in [4.69, 9.17) is 4.74 Å². The molecule has 0 aromatic heterocycles. The summed E-state index contributed by atoms with van der Waals surface area (Å²) in [5.74, 6) is -0.119. The Morgan fingerprint density at radius 2 is 2.20 bits per heavy atom. The van der Waals surface area contributed by atoms with Crippen molar-refractivity contribution in [2.45, 2.75) is 52.1 Å². The maximum absolute atomic E-state index is 11.5. The number of methoxy groups -OCH3 is 1. The summed E-state index contributed by atoms with van der Waals surface area (Å²) in [6.07, 6.45) is 3.71. The van der Waals surface area contributed by atoms with E-state index in [2.05, 4.69) is 18.7 Å². The predicted octanol–water partition coefficient (Wildman–Crippen LogP) is 2.06. The number of hydrogen-bond acceptors (Lipinski definition) is 3. The summed E-state index contributed by atoms with van der Waals surface area (Å²) in [6, 6.07) is 0.956. The number of likely N-dealkylation sites (tertiary alicyclic amines) is 1. The summed E-state index contributed by atoms with van der Waals surface area (Å²) < 4.78 is 4.80. The molecule has 3 unspecified atom stereocenters. The zero-order valence-corrected chi connectivity index (χ0v) is 10.3. The summed E-state index contributed by atoms with van der Waals surface area (Å²) in [6.45, 7) is 7.44. The molecule has 0 bridgehead atoms. The maximum Gasteiger partial charge on any atom is 0.309 e. The zero-order chi connectivity index (χ0) is 11.4. The number of ether oxygens (including phenoxy) is 1. The monoisotopic (exact) mass is 213 g/mol. The van der Waals surface area contributed by atoms with Gasteiger partial charge in [0.05, 0.1) is 13.0 Å². The Balaban J connectivity index is 2.58. The lowest BCUT2D eigenvalue weighted by Crippen LogP contribution is -2.43. The number of nitrogens with zero attached hydrogens (tertiary/aromatic N) is 1. The second-order valence-corrected chi connectivity index (χ2v) is 4.49. The molecule has 0 aliphatic carbocycles. The summed E-state index contributed by atoms with van der Waals surface area (Å²) in [4.78, 5) is 13.9. The Morgan fingerprint density at radius 3 is 2.73 bits per heavy atom. The van der Waals surface area contributed by atoms with Gasteiger partial charge in [-0.2, -0.15) is 0 Å². The van der Waals surface area contributed by atoms with Gasteiger partial charge in [0.15, 0.2) is 0 Å². The first kappa shape index (κ1) is 12.5. The highest BCUT2D eigenvalue weighted by molar-refractivity contribution is 5.72. The molecule has 0 N–H and O–H groups in total. The van der Waals surface area contributed by atoms with Gasteiger partial charge in [0, 0.05) is 12.1 Å². The fourth-order valence-corrected chi connectivity index (χ4v) is 2.50. The quantitative estimate of drug-likeness (QED) is 0.669. The van der Waals surface area contributed by atoms with Crippen LogP contribution in [0.4, 0.5) is 0 Å². The van der Waals surface area contributed by atoms with E-state index in [-0.39, 0.29) is 11.9 Å². The first-order valence-corrected chi connectivity index (χ1v) is 5.95. The molecule has 1 fully saturated rings. The van der Waals surface area contributed by atoms with Gasteiger partial charge in [-0.3, -0.25) is 9.69 Å². The second-order valence-electron chi connectivity index (χ2n) is 4.49. The molecule has 0 spiro atoms. The standard InChI is InChI=1S/C12H23NO2/c1-5-11-7-6-8-13(11)10(3)9(2)12(14)15-4/h9-11H,5-8H2,1-4H3. The number of rotatable bonds is 4. The van der Waals surface area contributed by atoms with Gasteiger partial charge in [0.25, 0.3) is 0 Å². The van der Waals surface area contributed by atoms with E-state index >= 15 is 0 Å². The van der Waals surface area contributed by atoms with E-state index in [9.17, 15) is 4.79 Å². The first-order chi connectivity index (χ1) is 7.11. The summed E-state index contributed by atoms with van der Waals surface area (Å²) >= 11 is 0. The maximum atomic E-state index is 11.5. The Kier molecular flexibility index (Phi) is 4.58. The lowest BCUT2D eigenvalue weighted by molar-refractivity contribution is -0.147.